The van der Waals surface area contributed by atoms with E-state index in [4.69, 9.17) is 4.74 Å². The fraction of sp³-hybridized carbons (Fsp3) is 0.400. The minimum atomic E-state index is -4.75. The third-order valence-electron chi connectivity index (χ3n) is 4.46. The molecule has 0 aliphatic heterocycles. The van der Waals surface area contributed by atoms with E-state index in [-0.39, 0.29) is 5.75 Å². The van der Waals surface area contributed by atoms with Gasteiger partial charge in [-0.1, -0.05) is 26.0 Å². The van der Waals surface area contributed by atoms with E-state index in [2.05, 4.69) is 33.6 Å². The predicted octanol–water partition coefficient (Wildman–Crippen LogP) is 4.41. The highest BCUT2D eigenvalue weighted by Crippen LogP contribution is 2.28. The summed E-state index contributed by atoms with van der Waals surface area (Å²) in [6.07, 6.45) is -2.32. The van der Waals surface area contributed by atoms with E-state index in [1.165, 1.54) is 18.2 Å². The maximum Gasteiger partial charge on any atom is 0.573 e. The van der Waals surface area contributed by atoms with E-state index in [1.807, 2.05) is 0 Å². The van der Waals surface area contributed by atoms with Crippen LogP contribution in [-0.4, -0.2) is 52.1 Å². The van der Waals surface area contributed by atoms with Crippen LogP contribution in [-0.2, 0) is 0 Å². The molecule has 2 heterocycles. The number of fused-ring (bicyclic) bond motifs is 1. The van der Waals surface area contributed by atoms with Gasteiger partial charge in [-0.2, -0.15) is 0 Å². The third kappa shape index (κ3) is 5.60. The number of alkyl halides is 3. The Morgan fingerprint density at radius 3 is 2.62 bits per heavy atom. The molecule has 29 heavy (non-hydrogen) atoms. The molecular weight excluding hydrogens is 385 g/mol. The molecule has 0 fully saturated rings. The summed E-state index contributed by atoms with van der Waals surface area (Å²) in [5.41, 5.74) is 1.62. The average molecular weight is 408 g/mol. The highest BCUT2D eigenvalue weighted by atomic mass is 19.4. The molecule has 0 N–H and O–H groups in total. The molecule has 0 unspecified atom stereocenters. The van der Waals surface area contributed by atoms with Gasteiger partial charge in [0.1, 0.15) is 5.75 Å². The second kappa shape index (κ2) is 9.13. The molecule has 6 nitrogen and oxygen atoms in total. The Hall–Kier alpha value is -2.81. The molecule has 156 valence electrons. The summed E-state index contributed by atoms with van der Waals surface area (Å²) in [5.74, 6) is 0.132. The first-order chi connectivity index (χ1) is 13.9. The standard InChI is InChI=1S/C20H23F3N4O2/c1-3-26(4-2)11-6-12-28-19-10-9-18-24-14-17(27(18)25-19)15-7-5-8-16(13-15)29-20(21,22)23/h5,7-10,13-14H,3-4,6,11-12H2,1-2H3. The van der Waals surface area contributed by atoms with Gasteiger partial charge in [-0.15, -0.1) is 18.3 Å². The van der Waals surface area contributed by atoms with Crippen molar-refractivity contribution in [2.45, 2.75) is 26.6 Å². The van der Waals surface area contributed by atoms with Gasteiger partial charge in [-0.25, -0.2) is 9.50 Å². The van der Waals surface area contributed by atoms with E-state index in [0.717, 1.165) is 26.1 Å². The van der Waals surface area contributed by atoms with Crippen molar-refractivity contribution in [3.63, 3.8) is 0 Å². The molecule has 0 saturated heterocycles. The number of halogens is 3. The van der Waals surface area contributed by atoms with Crippen molar-refractivity contribution in [2.24, 2.45) is 0 Å². The number of nitrogens with zero attached hydrogens (tertiary/aromatic N) is 4. The van der Waals surface area contributed by atoms with Gasteiger partial charge in [0.25, 0.3) is 0 Å². The molecular formula is C20H23F3N4O2. The quantitative estimate of drug-likeness (QED) is 0.491. The Kier molecular flexibility index (Phi) is 6.58. The van der Waals surface area contributed by atoms with Crippen molar-refractivity contribution in [1.82, 2.24) is 19.5 Å². The number of hydrogen-bond donors (Lipinski definition) is 0. The van der Waals surface area contributed by atoms with E-state index < -0.39 is 6.36 Å². The number of imidazole rings is 1. The van der Waals surface area contributed by atoms with Gasteiger partial charge in [-0.05, 0) is 37.7 Å². The Bertz CT molecular complexity index is 939. The van der Waals surface area contributed by atoms with Crippen molar-refractivity contribution < 1.29 is 22.6 Å². The molecule has 0 radical (unpaired) electrons. The molecule has 0 spiro atoms. The van der Waals surface area contributed by atoms with Crippen molar-refractivity contribution in [3.8, 4) is 22.9 Å². The van der Waals surface area contributed by atoms with Crippen molar-refractivity contribution in [3.05, 3.63) is 42.6 Å². The SMILES string of the molecule is CCN(CC)CCCOc1ccc2ncc(-c3cccc(OC(F)(F)F)c3)n2n1. The van der Waals surface area contributed by atoms with Crippen molar-refractivity contribution in [2.75, 3.05) is 26.2 Å². The fourth-order valence-corrected chi connectivity index (χ4v) is 2.99. The summed E-state index contributed by atoms with van der Waals surface area (Å²) in [7, 11) is 0. The summed E-state index contributed by atoms with van der Waals surface area (Å²) < 4.78 is 48.8. The smallest absolute Gasteiger partial charge is 0.477 e. The highest BCUT2D eigenvalue weighted by molar-refractivity contribution is 5.64. The van der Waals surface area contributed by atoms with E-state index in [0.29, 0.717) is 29.4 Å². The van der Waals surface area contributed by atoms with Crippen LogP contribution in [0.25, 0.3) is 16.9 Å². The van der Waals surface area contributed by atoms with Crippen LogP contribution in [0.5, 0.6) is 11.6 Å². The second-order valence-electron chi connectivity index (χ2n) is 6.39. The van der Waals surface area contributed by atoms with Crippen LogP contribution in [0.2, 0.25) is 0 Å². The van der Waals surface area contributed by atoms with Gasteiger partial charge in [0.05, 0.1) is 18.5 Å². The van der Waals surface area contributed by atoms with Crippen molar-refractivity contribution in [1.29, 1.82) is 0 Å². The topological polar surface area (TPSA) is 51.9 Å². The molecule has 3 aromatic rings. The van der Waals surface area contributed by atoms with E-state index in [9.17, 15) is 13.2 Å². The van der Waals surface area contributed by atoms with Crippen LogP contribution in [0.4, 0.5) is 13.2 Å². The first-order valence-corrected chi connectivity index (χ1v) is 9.45. The lowest BCUT2D eigenvalue weighted by atomic mass is 10.1. The van der Waals surface area contributed by atoms with Gasteiger partial charge in [0.15, 0.2) is 5.65 Å². The minimum Gasteiger partial charge on any atom is -0.477 e. The molecule has 0 amide bonds. The summed E-state index contributed by atoms with van der Waals surface area (Å²) >= 11 is 0. The molecule has 0 aliphatic carbocycles. The molecule has 0 aliphatic rings. The number of hydrogen-bond acceptors (Lipinski definition) is 5. The number of ether oxygens (including phenoxy) is 2. The van der Waals surface area contributed by atoms with Crippen LogP contribution < -0.4 is 9.47 Å². The van der Waals surface area contributed by atoms with Gasteiger partial charge < -0.3 is 14.4 Å². The Balaban J connectivity index is 1.75. The van der Waals surface area contributed by atoms with Crippen LogP contribution >= 0.6 is 0 Å². The lowest BCUT2D eigenvalue weighted by Gasteiger charge is -2.17. The number of benzene rings is 1. The highest BCUT2D eigenvalue weighted by Gasteiger charge is 2.31. The van der Waals surface area contributed by atoms with E-state index in [1.54, 1.807) is 28.9 Å². The fourth-order valence-electron chi connectivity index (χ4n) is 2.99. The molecule has 3 rings (SSSR count). The maximum atomic E-state index is 12.5. The van der Waals surface area contributed by atoms with Crippen LogP contribution in [0, 0.1) is 0 Å². The molecule has 0 bridgehead atoms. The predicted molar refractivity (Wildman–Crippen MR) is 103 cm³/mol. The summed E-state index contributed by atoms with van der Waals surface area (Å²) in [5, 5.41) is 4.43. The van der Waals surface area contributed by atoms with Gasteiger partial charge >= 0.3 is 6.36 Å². The molecule has 1 aromatic carbocycles. The summed E-state index contributed by atoms with van der Waals surface area (Å²) in [4.78, 5) is 6.57. The van der Waals surface area contributed by atoms with Crippen LogP contribution in [0.15, 0.2) is 42.6 Å². The van der Waals surface area contributed by atoms with Crippen LogP contribution in [0.1, 0.15) is 20.3 Å². The normalized spacial score (nSPS) is 11.9. The zero-order chi connectivity index (χ0) is 20.9. The van der Waals surface area contributed by atoms with Gasteiger partial charge in [0, 0.05) is 18.2 Å². The molecule has 2 aromatic heterocycles. The number of aromatic nitrogens is 3. The lowest BCUT2D eigenvalue weighted by Crippen LogP contribution is -2.25. The molecule has 0 saturated carbocycles. The minimum absolute atomic E-state index is 0.297. The molecule has 9 heteroatoms. The first-order valence-electron chi connectivity index (χ1n) is 9.45. The zero-order valence-electron chi connectivity index (χ0n) is 16.3. The van der Waals surface area contributed by atoms with Gasteiger partial charge in [-0.3, -0.25) is 0 Å². The third-order valence-corrected chi connectivity index (χ3v) is 4.46. The van der Waals surface area contributed by atoms with E-state index >= 15 is 0 Å². The monoisotopic (exact) mass is 408 g/mol. The Morgan fingerprint density at radius 2 is 1.90 bits per heavy atom. The largest absolute Gasteiger partial charge is 0.573 e. The summed E-state index contributed by atoms with van der Waals surface area (Å²) in [6, 6.07) is 9.20. The average Bonchev–Trinajstić information content (AvgIpc) is 3.10. The van der Waals surface area contributed by atoms with Crippen LogP contribution in [0.3, 0.4) is 0 Å². The van der Waals surface area contributed by atoms with Crippen molar-refractivity contribution >= 4 is 5.65 Å². The summed E-state index contributed by atoms with van der Waals surface area (Å²) in [6.45, 7) is 7.70. The molecule has 0 atom stereocenters. The zero-order valence-corrected chi connectivity index (χ0v) is 16.3. The lowest BCUT2D eigenvalue weighted by molar-refractivity contribution is -0.274. The Labute approximate surface area is 166 Å². The maximum absolute atomic E-state index is 12.5. The first kappa shape index (κ1) is 20.9. The van der Waals surface area contributed by atoms with Gasteiger partial charge in [0.2, 0.25) is 5.88 Å². The number of rotatable bonds is 9. The Morgan fingerprint density at radius 1 is 1.10 bits per heavy atom. The second-order valence-corrected chi connectivity index (χ2v) is 6.39.